The van der Waals surface area contributed by atoms with Crippen LogP contribution in [0, 0.1) is 20.8 Å². The van der Waals surface area contributed by atoms with Crippen LogP contribution in [0.25, 0.3) is 5.76 Å². The molecule has 1 amide bonds. The molecule has 0 saturated carbocycles. The Morgan fingerprint density at radius 1 is 1.15 bits per heavy atom. The van der Waals surface area contributed by atoms with Gasteiger partial charge in [-0.15, -0.1) is 10.2 Å². The molecule has 2 aromatic carbocycles. The number of carbonyl (C=O) groups excluding carboxylic acids is 2. The minimum atomic E-state index is -0.856. The van der Waals surface area contributed by atoms with Crippen LogP contribution in [0.4, 0.5) is 5.13 Å². The van der Waals surface area contributed by atoms with E-state index in [4.69, 9.17) is 4.74 Å². The highest BCUT2D eigenvalue weighted by molar-refractivity contribution is 7.15. The predicted octanol–water partition coefficient (Wildman–Crippen LogP) is 4.65. The Morgan fingerprint density at radius 2 is 1.88 bits per heavy atom. The van der Waals surface area contributed by atoms with Gasteiger partial charge in [-0.1, -0.05) is 53.8 Å². The lowest BCUT2D eigenvalue weighted by atomic mass is 9.93. The van der Waals surface area contributed by atoms with Crippen LogP contribution in [0.2, 0.25) is 0 Å². The molecule has 3 aromatic rings. The fraction of sp³-hybridized carbons (Fsp3) is 0.200. The van der Waals surface area contributed by atoms with Gasteiger partial charge in [-0.05, 0) is 50.1 Å². The number of carbonyl (C=O) groups is 2. The summed E-state index contributed by atoms with van der Waals surface area (Å²) in [7, 11) is 0. The highest BCUT2D eigenvalue weighted by Gasteiger charge is 2.48. The van der Waals surface area contributed by atoms with Gasteiger partial charge in [0.15, 0.2) is 0 Å². The van der Waals surface area contributed by atoms with E-state index in [2.05, 4.69) is 16.8 Å². The molecular weight excluding hydrogens is 438 g/mol. The van der Waals surface area contributed by atoms with Crippen molar-refractivity contribution in [2.24, 2.45) is 0 Å². The average Bonchev–Trinajstić information content (AvgIpc) is 3.34. The molecule has 1 fully saturated rings. The maximum Gasteiger partial charge on any atom is 0.301 e. The van der Waals surface area contributed by atoms with Crippen molar-refractivity contribution in [1.29, 1.82) is 0 Å². The lowest BCUT2D eigenvalue weighted by molar-refractivity contribution is -0.132. The number of ketones is 1. The molecule has 1 unspecified atom stereocenters. The molecule has 1 aromatic heterocycles. The highest BCUT2D eigenvalue weighted by atomic mass is 32.1. The van der Waals surface area contributed by atoms with Gasteiger partial charge in [0.05, 0.1) is 11.6 Å². The summed E-state index contributed by atoms with van der Waals surface area (Å²) in [5.41, 5.74) is 2.89. The molecule has 8 heteroatoms. The quantitative estimate of drug-likeness (QED) is 0.249. The molecular formula is C25H23N3O4S. The summed E-state index contributed by atoms with van der Waals surface area (Å²) >= 11 is 1.21. The number of ether oxygens (including phenoxy) is 1. The van der Waals surface area contributed by atoms with Gasteiger partial charge >= 0.3 is 5.91 Å². The first-order chi connectivity index (χ1) is 15.8. The third-order valence-electron chi connectivity index (χ3n) is 5.38. The summed E-state index contributed by atoms with van der Waals surface area (Å²) in [4.78, 5) is 27.7. The van der Waals surface area contributed by atoms with Crippen molar-refractivity contribution in [3.05, 3.63) is 88.0 Å². The number of aromatic nitrogens is 2. The second kappa shape index (κ2) is 8.99. The number of anilines is 1. The molecule has 4 rings (SSSR count). The maximum absolute atomic E-state index is 13.2. The smallest absolute Gasteiger partial charge is 0.301 e. The van der Waals surface area contributed by atoms with Crippen molar-refractivity contribution in [3.8, 4) is 5.75 Å². The molecule has 168 valence electrons. The number of aryl methyl sites for hydroxylation is 3. The number of nitrogens with zero attached hydrogens (tertiary/aromatic N) is 3. The van der Waals surface area contributed by atoms with Crippen molar-refractivity contribution in [1.82, 2.24) is 10.2 Å². The SMILES string of the molecule is C=CCOc1ccc(C2/C(=C(\O)c3cc(C)ccc3C)C(=O)C(=O)N2c2nnc(C)s2)cc1. The van der Waals surface area contributed by atoms with Gasteiger partial charge in [-0.25, -0.2) is 0 Å². The van der Waals surface area contributed by atoms with E-state index in [-0.39, 0.29) is 11.3 Å². The molecule has 0 bridgehead atoms. The lowest BCUT2D eigenvalue weighted by Gasteiger charge is -2.23. The molecule has 33 heavy (non-hydrogen) atoms. The van der Waals surface area contributed by atoms with E-state index in [1.165, 1.54) is 16.2 Å². The molecule has 0 aliphatic carbocycles. The number of aliphatic hydroxyl groups excluding tert-OH is 1. The summed E-state index contributed by atoms with van der Waals surface area (Å²) < 4.78 is 5.56. The summed E-state index contributed by atoms with van der Waals surface area (Å²) in [6.07, 6.45) is 1.64. The standard InChI is InChI=1S/C25H23N3O4S/c1-5-12-32-18-10-8-17(9-11-18)21-20(22(29)19-13-14(2)6-7-15(19)3)23(30)24(31)28(21)25-27-26-16(4)33-25/h5-11,13,21,29H,1,12H2,2-4H3/b22-20+. The molecule has 0 spiro atoms. The Balaban J connectivity index is 1.90. The Kier molecular flexibility index (Phi) is 6.11. The molecule has 1 N–H and O–H groups in total. The lowest BCUT2D eigenvalue weighted by Crippen LogP contribution is -2.29. The molecule has 0 radical (unpaired) electrons. The Bertz CT molecular complexity index is 1280. The van der Waals surface area contributed by atoms with Gasteiger partial charge in [0.2, 0.25) is 5.13 Å². The molecule has 1 saturated heterocycles. The molecule has 2 heterocycles. The van der Waals surface area contributed by atoms with Crippen molar-refractivity contribution in [2.45, 2.75) is 26.8 Å². The summed E-state index contributed by atoms with van der Waals surface area (Å²) in [5, 5.41) is 20.4. The van der Waals surface area contributed by atoms with Gasteiger partial charge in [0.1, 0.15) is 23.1 Å². The van der Waals surface area contributed by atoms with Crippen LogP contribution < -0.4 is 9.64 Å². The van der Waals surface area contributed by atoms with Crippen molar-refractivity contribution >= 4 is 33.9 Å². The summed E-state index contributed by atoms with van der Waals surface area (Å²) in [6.45, 7) is 9.51. The predicted molar refractivity (Wildman–Crippen MR) is 127 cm³/mol. The first-order valence-corrected chi connectivity index (χ1v) is 11.2. The average molecular weight is 462 g/mol. The van der Waals surface area contributed by atoms with Crippen LogP contribution in [-0.4, -0.2) is 33.6 Å². The Labute approximate surface area is 195 Å². The maximum atomic E-state index is 13.2. The zero-order valence-electron chi connectivity index (χ0n) is 18.5. The van der Waals surface area contributed by atoms with Crippen molar-refractivity contribution < 1.29 is 19.4 Å². The Morgan fingerprint density at radius 3 is 2.52 bits per heavy atom. The zero-order valence-corrected chi connectivity index (χ0v) is 19.3. The van der Waals surface area contributed by atoms with E-state index in [0.717, 1.165) is 11.1 Å². The van der Waals surface area contributed by atoms with Gasteiger partial charge < -0.3 is 9.84 Å². The van der Waals surface area contributed by atoms with E-state index in [1.54, 1.807) is 43.3 Å². The topological polar surface area (TPSA) is 92.6 Å². The second-order valence-corrected chi connectivity index (χ2v) is 8.92. The monoisotopic (exact) mass is 461 g/mol. The zero-order chi connectivity index (χ0) is 23.7. The fourth-order valence-corrected chi connectivity index (χ4v) is 4.48. The molecule has 1 atom stereocenters. The van der Waals surface area contributed by atoms with Crippen LogP contribution in [0.3, 0.4) is 0 Å². The van der Waals surface area contributed by atoms with Crippen LogP contribution in [-0.2, 0) is 9.59 Å². The van der Waals surface area contributed by atoms with Crippen molar-refractivity contribution in [3.63, 3.8) is 0 Å². The third kappa shape index (κ3) is 4.17. The van der Waals surface area contributed by atoms with Crippen LogP contribution >= 0.6 is 11.3 Å². The van der Waals surface area contributed by atoms with Gasteiger partial charge in [0.25, 0.3) is 5.78 Å². The first-order valence-electron chi connectivity index (χ1n) is 10.3. The first kappa shape index (κ1) is 22.4. The van der Waals surface area contributed by atoms with E-state index in [1.807, 2.05) is 26.0 Å². The molecule has 1 aliphatic heterocycles. The van der Waals surface area contributed by atoms with E-state index in [0.29, 0.717) is 33.6 Å². The molecule has 1 aliphatic rings. The number of rotatable bonds is 6. The van der Waals surface area contributed by atoms with Crippen LogP contribution in [0.1, 0.15) is 33.3 Å². The van der Waals surface area contributed by atoms with Crippen LogP contribution in [0.15, 0.2) is 60.7 Å². The second-order valence-electron chi connectivity index (χ2n) is 7.76. The third-order valence-corrected chi connectivity index (χ3v) is 6.22. The number of Topliss-reactive ketones (excluding diaryl/α,β-unsaturated/α-hetero) is 1. The number of benzene rings is 2. The largest absolute Gasteiger partial charge is 0.507 e. The van der Waals surface area contributed by atoms with Crippen LogP contribution in [0.5, 0.6) is 5.75 Å². The summed E-state index contributed by atoms with van der Waals surface area (Å²) in [6, 6.07) is 11.8. The number of aliphatic hydroxyl groups is 1. The number of hydrogen-bond acceptors (Lipinski definition) is 7. The minimum Gasteiger partial charge on any atom is -0.507 e. The van der Waals surface area contributed by atoms with Gasteiger partial charge in [-0.2, -0.15) is 0 Å². The van der Waals surface area contributed by atoms with E-state index >= 15 is 0 Å². The van der Waals surface area contributed by atoms with Gasteiger partial charge in [-0.3, -0.25) is 14.5 Å². The van der Waals surface area contributed by atoms with Gasteiger partial charge in [0, 0.05) is 5.56 Å². The Hall–Kier alpha value is -3.78. The van der Waals surface area contributed by atoms with E-state index < -0.39 is 17.7 Å². The minimum absolute atomic E-state index is 0.0151. The number of hydrogen-bond donors (Lipinski definition) is 1. The number of amides is 1. The highest BCUT2D eigenvalue weighted by Crippen LogP contribution is 2.43. The molecule has 7 nitrogen and oxygen atoms in total. The normalized spacial score (nSPS) is 17.4. The van der Waals surface area contributed by atoms with E-state index in [9.17, 15) is 14.7 Å². The van der Waals surface area contributed by atoms with Crippen molar-refractivity contribution in [2.75, 3.05) is 11.5 Å². The fourth-order valence-electron chi connectivity index (χ4n) is 3.77. The summed E-state index contributed by atoms with van der Waals surface area (Å²) in [5.74, 6) is -1.11.